The minimum absolute atomic E-state index is 1.09. The molecule has 1 nitrogen and oxygen atoms in total. The van der Waals surface area contributed by atoms with Crippen LogP contribution in [0, 0.1) is 6.92 Å². The van der Waals surface area contributed by atoms with E-state index in [0.717, 1.165) is 14.5 Å². The van der Waals surface area contributed by atoms with Crippen LogP contribution in [0.3, 0.4) is 0 Å². The Kier molecular flexibility index (Phi) is 3.05. The van der Waals surface area contributed by atoms with Gasteiger partial charge >= 0.3 is 0 Å². The summed E-state index contributed by atoms with van der Waals surface area (Å²) in [4.78, 5) is 4.60. The number of thiazole rings is 1. The quantitative estimate of drug-likeness (QED) is 0.740. The Labute approximate surface area is 114 Å². The number of hydrogen-bond acceptors (Lipinski definition) is 2. The highest BCUT2D eigenvalue weighted by Crippen LogP contribution is 2.33. The molecule has 0 N–H and O–H groups in total. The number of nitrogens with zero attached hydrogens (tertiary/aromatic N) is 1. The van der Waals surface area contributed by atoms with Gasteiger partial charge in [0.2, 0.25) is 0 Å². The van der Waals surface area contributed by atoms with Crippen LogP contribution in [0.2, 0.25) is 0 Å². The fourth-order valence-electron chi connectivity index (χ4n) is 2.37. The van der Waals surface area contributed by atoms with E-state index in [4.69, 9.17) is 0 Å². The second-order valence-corrected chi connectivity index (χ2v) is 6.89. The van der Waals surface area contributed by atoms with E-state index in [1.54, 1.807) is 11.3 Å². The molecule has 0 aliphatic heterocycles. The van der Waals surface area contributed by atoms with Gasteiger partial charge in [-0.2, -0.15) is 0 Å². The zero-order valence-electron chi connectivity index (χ0n) is 9.79. The van der Waals surface area contributed by atoms with Gasteiger partial charge in [0.25, 0.3) is 0 Å². The maximum Gasteiger partial charge on any atom is 0.124 e. The molecule has 0 saturated heterocycles. The van der Waals surface area contributed by atoms with Gasteiger partial charge < -0.3 is 0 Å². The monoisotopic (exact) mass is 307 g/mol. The summed E-state index contributed by atoms with van der Waals surface area (Å²) >= 11 is 5.27. The topological polar surface area (TPSA) is 12.9 Å². The van der Waals surface area contributed by atoms with E-state index in [-0.39, 0.29) is 0 Å². The molecule has 1 aromatic carbocycles. The molecule has 0 spiro atoms. The Bertz CT molecular complexity index is 540. The third kappa shape index (κ3) is 2.18. The third-order valence-electron chi connectivity index (χ3n) is 3.34. The molecule has 0 bridgehead atoms. The van der Waals surface area contributed by atoms with Crippen LogP contribution < -0.4 is 0 Å². The van der Waals surface area contributed by atoms with Gasteiger partial charge in [-0.3, -0.25) is 0 Å². The number of aromatic nitrogens is 1. The fourth-order valence-corrected chi connectivity index (χ4v) is 3.71. The van der Waals surface area contributed by atoms with Crippen LogP contribution >= 0.6 is 27.3 Å². The van der Waals surface area contributed by atoms with Gasteiger partial charge in [0.15, 0.2) is 0 Å². The molecular weight excluding hydrogens is 294 g/mol. The zero-order valence-corrected chi connectivity index (χ0v) is 12.2. The van der Waals surface area contributed by atoms with Crippen LogP contribution in [0.5, 0.6) is 0 Å². The fraction of sp³-hybridized carbons (Fsp3) is 0.357. The number of benzene rings is 1. The van der Waals surface area contributed by atoms with Gasteiger partial charge in [0.1, 0.15) is 5.01 Å². The lowest BCUT2D eigenvalue weighted by Gasteiger charge is -2.15. The molecular formula is C14H14BrNS. The number of aryl methyl sites for hydroxylation is 3. The summed E-state index contributed by atoms with van der Waals surface area (Å²) in [6.45, 7) is 2.04. The van der Waals surface area contributed by atoms with Crippen LogP contribution in [0.25, 0.3) is 10.6 Å². The summed E-state index contributed by atoms with van der Waals surface area (Å²) in [7, 11) is 0. The zero-order chi connectivity index (χ0) is 11.8. The van der Waals surface area contributed by atoms with Gasteiger partial charge in [-0.25, -0.2) is 4.98 Å². The molecule has 2 aromatic rings. The summed E-state index contributed by atoms with van der Waals surface area (Å²) in [6, 6.07) is 6.84. The first-order valence-corrected chi connectivity index (χ1v) is 7.60. The van der Waals surface area contributed by atoms with E-state index in [1.165, 1.54) is 42.4 Å². The van der Waals surface area contributed by atoms with Crippen molar-refractivity contribution in [2.45, 2.75) is 32.6 Å². The number of hydrogen-bond donors (Lipinski definition) is 0. The summed E-state index contributed by atoms with van der Waals surface area (Å²) in [5, 5.41) is 1.13. The first kappa shape index (κ1) is 11.4. The van der Waals surface area contributed by atoms with E-state index in [9.17, 15) is 0 Å². The third-order valence-corrected chi connectivity index (χ3v) is 5.39. The lowest BCUT2D eigenvalue weighted by Crippen LogP contribution is -2.02. The molecule has 0 unspecified atom stereocenters. The maximum atomic E-state index is 4.60. The molecule has 1 heterocycles. The highest BCUT2D eigenvalue weighted by molar-refractivity contribution is 9.11. The number of fused-ring (bicyclic) bond motifs is 1. The normalized spacial score (nSPS) is 14.7. The first-order valence-electron chi connectivity index (χ1n) is 5.99. The second kappa shape index (κ2) is 4.54. The smallest absolute Gasteiger partial charge is 0.124 e. The average Bonchev–Trinajstić information content (AvgIpc) is 2.69. The number of rotatable bonds is 1. The van der Waals surface area contributed by atoms with Crippen molar-refractivity contribution in [1.82, 2.24) is 4.98 Å². The molecule has 0 fully saturated rings. The Balaban J connectivity index is 2.03. The predicted molar refractivity (Wildman–Crippen MR) is 76.6 cm³/mol. The molecule has 0 radical (unpaired) electrons. The van der Waals surface area contributed by atoms with E-state index in [2.05, 4.69) is 39.1 Å². The Morgan fingerprint density at radius 1 is 1.18 bits per heavy atom. The van der Waals surface area contributed by atoms with Gasteiger partial charge in [-0.05, 0) is 65.7 Å². The van der Waals surface area contributed by atoms with Crippen molar-refractivity contribution in [3.63, 3.8) is 0 Å². The molecule has 1 aromatic heterocycles. The van der Waals surface area contributed by atoms with Crippen LogP contribution in [-0.2, 0) is 12.8 Å². The molecule has 3 heteroatoms. The molecule has 88 valence electrons. The highest BCUT2D eigenvalue weighted by Gasteiger charge is 2.12. The number of halogens is 1. The van der Waals surface area contributed by atoms with Crippen molar-refractivity contribution in [2.24, 2.45) is 0 Å². The van der Waals surface area contributed by atoms with E-state index >= 15 is 0 Å². The van der Waals surface area contributed by atoms with Crippen molar-refractivity contribution in [1.29, 1.82) is 0 Å². The maximum absolute atomic E-state index is 4.60. The minimum atomic E-state index is 1.09. The molecule has 1 aliphatic rings. The predicted octanol–water partition coefficient (Wildman–Crippen LogP) is 4.76. The van der Waals surface area contributed by atoms with E-state index in [0.29, 0.717) is 0 Å². The average molecular weight is 308 g/mol. The van der Waals surface area contributed by atoms with Crippen molar-refractivity contribution < 1.29 is 0 Å². The van der Waals surface area contributed by atoms with Crippen LogP contribution in [0.1, 0.15) is 29.7 Å². The lowest BCUT2D eigenvalue weighted by atomic mass is 9.90. The molecule has 17 heavy (non-hydrogen) atoms. The molecule has 0 atom stereocenters. The van der Waals surface area contributed by atoms with Crippen molar-refractivity contribution in [3.8, 4) is 10.6 Å². The van der Waals surface area contributed by atoms with Crippen LogP contribution in [0.15, 0.2) is 22.0 Å². The summed E-state index contributed by atoms with van der Waals surface area (Å²) in [5.41, 5.74) is 5.41. The summed E-state index contributed by atoms with van der Waals surface area (Å²) in [5.74, 6) is 0. The Morgan fingerprint density at radius 2 is 1.94 bits per heavy atom. The second-order valence-electron chi connectivity index (χ2n) is 4.57. The van der Waals surface area contributed by atoms with E-state index in [1.807, 2.05) is 6.92 Å². The molecule has 0 amide bonds. The highest BCUT2D eigenvalue weighted by atomic mass is 79.9. The first-order chi connectivity index (χ1) is 8.24. The van der Waals surface area contributed by atoms with Crippen molar-refractivity contribution >= 4 is 27.3 Å². The minimum Gasteiger partial charge on any atom is -0.240 e. The van der Waals surface area contributed by atoms with Crippen molar-refractivity contribution in [2.75, 3.05) is 0 Å². The van der Waals surface area contributed by atoms with Crippen LogP contribution in [0.4, 0.5) is 0 Å². The molecule has 1 aliphatic carbocycles. The van der Waals surface area contributed by atoms with Crippen molar-refractivity contribution in [3.05, 3.63) is 38.8 Å². The SMILES string of the molecule is Cc1nc(-c2ccc3c(c2)CCCC3)sc1Br. The van der Waals surface area contributed by atoms with Crippen LogP contribution in [-0.4, -0.2) is 4.98 Å². The van der Waals surface area contributed by atoms with E-state index < -0.39 is 0 Å². The Morgan fingerprint density at radius 3 is 2.65 bits per heavy atom. The van der Waals surface area contributed by atoms with Gasteiger partial charge in [-0.15, -0.1) is 11.3 Å². The van der Waals surface area contributed by atoms with Gasteiger partial charge in [0, 0.05) is 5.56 Å². The molecule has 3 rings (SSSR count). The Hall–Kier alpha value is -0.670. The standard InChI is InChI=1S/C14H14BrNS/c1-9-13(15)17-14(16-9)12-7-6-10-4-2-3-5-11(10)8-12/h6-8H,2-5H2,1H3. The molecule has 0 saturated carbocycles. The summed E-state index contributed by atoms with van der Waals surface area (Å²) in [6.07, 6.45) is 5.15. The largest absolute Gasteiger partial charge is 0.240 e. The lowest BCUT2D eigenvalue weighted by molar-refractivity contribution is 0.686. The summed E-state index contributed by atoms with van der Waals surface area (Å²) < 4.78 is 1.14. The van der Waals surface area contributed by atoms with Gasteiger partial charge in [0.05, 0.1) is 9.48 Å². The van der Waals surface area contributed by atoms with Gasteiger partial charge in [-0.1, -0.05) is 12.1 Å².